The van der Waals surface area contributed by atoms with Crippen molar-refractivity contribution >= 4 is 37.8 Å². The topological polar surface area (TPSA) is 83.9 Å². The molecule has 7 heteroatoms. The molecule has 0 aliphatic heterocycles. The van der Waals surface area contributed by atoms with Gasteiger partial charge in [0, 0.05) is 10.6 Å². The molecule has 0 fully saturated rings. The highest BCUT2D eigenvalue weighted by Gasteiger charge is 2.26. The number of anilines is 1. The zero-order valence-corrected chi connectivity index (χ0v) is 12.9. The van der Waals surface area contributed by atoms with E-state index in [1.165, 1.54) is 0 Å². The second-order valence-electron chi connectivity index (χ2n) is 4.03. The Labute approximate surface area is 126 Å². The summed E-state index contributed by atoms with van der Waals surface area (Å²) in [4.78, 5) is 0. The fourth-order valence-corrected chi connectivity index (χ4v) is 4.59. The molecule has 0 unspecified atom stereocenters. The van der Waals surface area contributed by atoms with Crippen molar-refractivity contribution in [2.24, 2.45) is 0 Å². The van der Waals surface area contributed by atoms with Crippen molar-refractivity contribution in [3.63, 3.8) is 0 Å². The van der Waals surface area contributed by atoms with E-state index in [-0.39, 0.29) is 20.5 Å². The third kappa shape index (κ3) is 2.52. The lowest BCUT2D eigenvalue weighted by molar-refractivity contribution is 0.599. The van der Waals surface area contributed by atoms with Gasteiger partial charge in [-0.05, 0) is 17.7 Å². The van der Waals surface area contributed by atoms with Gasteiger partial charge in [-0.15, -0.1) is 11.3 Å². The molecule has 104 valence electrons. The number of nitriles is 1. The van der Waals surface area contributed by atoms with Crippen molar-refractivity contribution in [1.82, 2.24) is 0 Å². The van der Waals surface area contributed by atoms with Gasteiger partial charge in [-0.3, -0.25) is 0 Å². The lowest BCUT2D eigenvalue weighted by Gasteiger charge is -2.05. The first-order chi connectivity index (χ1) is 9.40. The van der Waals surface area contributed by atoms with Crippen molar-refractivity contribution in [1.29, 1.82) is 5.26 Å². The molecule has 0 amide bonds. The SMILES string of the molecule is CCS(=O)(=O)c1sc(N)c(C#N)c1-c1ccc(Cl)cc1. The first-order valence-electron chi connectivity index (χ1n) is 5.71. The molecule has 20 heavy (non-hydrogen) atoms. The van der Waals surface area contributed by atoms with E-state index in [4.69, 9.17) is 17.3 Å². The van der Waals surface area contributed by atoms with E-state index in [9.17, 15) is 13.7 Å². The van der Waals surface area contributed by atoms with E-state index in [0.29, 0.717) is 16.1 Å². The summed E-state index contributed by atoms with van der Waals surface area (Å²) >= 11 is 6.76. The number of nitrogens with two attached hydrogens (primary N) is 1. The summed E-state index contributed by atoms with van der Waals surface area (Å²) in [6.07, 6.45) is 0. The van der Waals surface area contributed by atoms with Crippen molar-refractivity contribution in [3.8, 4) is 17.2 Å². The Bertz CT molecular complexity index is 787. The molecule has 2 aromatic rings. The highest BCUT2D eigenvalue weighted by molar-refractivity contribution is 7.93. The Morgan fingerprint density at radius 1 is 1.35 bits per heavy atom. The lowest BCUT2D eigenvalue weighted by atomic mass is 10.1. The van der Waals surface area contributed by atoms with E-state index in [1.54, 1.807) is 31.2 Å². The normalized spacial score (nSPS) is 11.2. The maximum atomic E-state index is 12.2. The van der Waals surface area contributed by atoms with Crippen LogP contribution in [0.1, 0.15) is 12.5 Å². The molecule has 1 heterocycles. The van der Waals surface area contributed by atoms with Crippen LogP contribution in [0.4, 0.5) is 5.00 Å². The first kappa shape index (κ1) is 14.9. The summed E-state index contributed by atoms with van der Waals surface area (Å²) in [7, 11) is -3.44. The monoisotopic (exact) mass is 326 g/mol. The first-order valence-corrected chi connectivity index (χ1v) is 8.56. The summed E-state index contributed by atoms with van der Waals surface area (Å²) in [5, 5.41) is 9.97. The summed E-state index contributed by atoms with van der Waals surface area (Å²) < 4.78 is 24.5. The lowest BCUT2D eigenvalue weighted by Crippen LogP contribution is -2.03. The van der Waals surface area contributed by atoms with Crippen molar-refractivity contribution in [3.05, 3.63) is 34.9 Å². The second-order valence-corrected chi connectivity index (χ2v) is 7.99. The van der Waals surface area contributed by atoms with Crippen LogP contribution in [0.15, 0.2) is 28.5 Å². The largest absolute Gasteiger partial charge is 0.389 e. The molecule has 2 N–H and O–H groups in total. The predicted molar refractivity (Wildman–Crippen MR) is 81.6 cm³/mol. The third-order valence-corrected chi connectivity index (χ3v) is 6.42. The van der Waals surface area contributed by atoms with E-state index in [1.807, 2.05) is 6.07 Å². The molecule has 0 aliphatic carbocycles. The highest BCUT2D eigenvalue weighted by atomic mass is 35.5. The number of nitrogen functional groups attached to an aromatic ring is 1. The van der Waals surface area contributed by atoms with E-state index in [2.05, 4.69) is 0 Å². The number of nitrogens with zero attached hydrogens (tertiary/aromatic N) is 1. The van der Waals surface area contributed by atoms with Crippen LogP contribution in [0.25, 0.3) is 11.1 Å². The van der Waals surface area contributed by atoms with Gasteiger partial charge in [-0.1, -0.05) is 30.7 Å². The Hall–Kier alpha value is -1.55. The average molecular weight is 327 g/mol. The number of halogens is 1. The average Bonchev–Trinajstić information content (AvgIpc) is 2.77. The standard InChI is InChI=1S/C13H11ClN2O2S2/c1-2-20(17,18)13-11(10(7-15)12(16)19-13)8-3-5-9(14)6-4-8/h3-6H,2,16H2,1H3. The number of hydrogen-bond acceptors (Lipinski definition) is 5. The van der Waals surface area contributed by atoms with Crippen molar-refractivity contribution in [2.45, 2.75) is 11.1 Å². The van der Waals surface area contributed by atoms with Crippen LogP contribution in [0.2, 0.25) is 5.02 Å². The number of rotatable bonds is 3. The minimum absolute atomic E-state index is 0.0432. The van der Waals surface area contributed by atoms with Gasteiger partial charge in [0.05, 0.1) is 11.3 Å². The molecule has 0 saturated carbocycles. The molecule has 0 atom stereocenters. The quantitative estimate of drug-likeness (QED) is 0.937. The summed E-state index contributed by atoms with van der Waals surface area (Å²) in [5.74, 6) is -0.0432. The highest BCUT2D eigenvalue weighted by Crippen LogP contribution is 2.41. The number of hydrogen-bond donors (Lipinski definition) is 1. The molecule has 0 spiro atoms. The molecule has 1 aromatic heterocycles. The van der Waals surface area contributed by atoms with Gasteiger partial charge in [-0.2, -0.15) is 5.26 Å². The fraction of sp³-hybridized carbons (Fsp3) is 0.154. The van der Waals surface area contributed by atoms with Crippen LogP contribution >= 0.6 is 22.9 Å². The number of sulfone groups is 1. The van der Waals surface area contributed by atoms with Crippen molar-refractivity contribution < 1.29 is 8.42 Å². The predicted octanol–water partition coefficient (Wildman–Crippen LogP) is 3.32. The minimum atomic E-state index is -3.44. The zero-order chi connectivity index (χ0) is 14.9. The summed E-state index contributed by atoms with van der Waals surface area (Å²) in [5.41, 5.74) is 6.96. The third-order valence-electron chi connectivity index (χ3n) is 2.81. The summed E-state index contributed by atoms with van der Waals surface area (Å²) in [6.45, 7) is 1.56. The molecule has 0 aliphatic rings. The Balaban J connectivity index is 2.80. The zero-order valence-electron chi connectivity index (χ0n) is 10.6. The molecular weight excluding hydrogens is 316 g/mol. The maximum Gasteiger partial charge on any atom is 0.188 e. The molecule has 0 saturated heterocycles. The molecule has 1 aromatic carbocycles. The minimum Gasteiger partial charge on any atom is -0.389 e. The van der Waals surface area contributed by atoms with Gasteiger partial charge in [0.1, 0.15) is 15.3 Å². The van der Waals surface area contributed by atoms with Gasteiger partial charge in [0.25, 0.3) is 0 Å². The van der Waals surface area contributed by atoms with Gasteiger partial charge in [0.15, 0.2) is 9.84 Å². The van der Waals surface area contributed by atoms with Crippen LogP contribution in [-0.4, -0.2) is 14.2 Å². The number of benzene rings is 1. The fourth-order valence-electron chi connectivity index (χ4n) is 1.77. The van der Waals surface area contributed by atoms with E-state index < -0.39 is 9.84 Å². The molecule has 0 radical (unpaired) electrons. The van der Waals surface area contributed by atoms with Gasteiger partial charge in [-0.25, -0.2) is 8.42 Å². The molecular formula is C13H11ClN2O2S2. The Morgan fingerprint density at radius 3 is 2.45 bits per heavy atom. The van der Waals surface area contributed by atoms with Gasteiger partial charge in [0.2, 0.25) is 0 Å². The van der Waals surface area contributed by atoms with Crippen LogP contribution in [0.5, 0.6) is 0 Å². The van der Waals surface area contributed by atoms with Crippen molar-refractivity contribution in [2.75, 3.05) is 11.5 Å². The smallest absolute Gasteiger partial charge is 0.188 e. The Morgan fingerprint density at radius 2 is 1.95 bits per heavy atom. The van der Waals surface area contributed by atoms with Crippen LogP contribution in [0.3, 0.4) is 0 Å². The molecule has 4 nitrogen and oxygen atoms in total. The van der Waals surface area contributed by atoms with E-state index in [0.717, 1.165) is 11.3 Å². The van der Waals surface area contributed by atoms with Crippen LogP contribution in [-0.2, 0) is 9.84 Å². The van der Waals surface area contributed by atoms with Gasteiger partial charge < -0.3 is 5.73 Å². The van der Waals surface area contributed by atoms with E-state index >= 15 is 0 Å². The second kappa shape index (κ2) is 5.44. The van der Waals surface area contributed by atoms with Crippen LogP contribution < -0.4 is 5.73 Å². The Kier molecular flexibility index (Phi) is 4.04. The number of thiophene rings is 1. The van der Waals surface area contributed by atoms with Gasteiger partial charge >= 0.3 is 0 Å². The molecule has 0 bridgehead atoms. The van der Waals surface area contributed by atoms with Crippen LogP contribution in [0, 0.1) is 11.3 Å². The molecule has 2 rings (SSSR count). The summed E-state index contributed by atoms with van der Waals surface area (Å²) in [6, 6.07) is 8.64. The maximum absolute atomic E-state index is 12.2.